The third-order valence-electron chi connectivity index (χ3n) is 6.03. The molecule has 0 bridgehead atoms. The Balaban J connectivity index is 1.75. The van der Waals surface area contributed by atoms with Gasteiger partial charge in [0, 0.05) is 23.0 Å². The maximum absolute atomic E-state index is 13.0. The molecular weight excluding hydrogens is 454 g/mol. The summed E-state index contributed by atoms with van der Waals surface area (Å²) in [6.45, 7) is 4.04. The lowest BCUT2D eigenvalue weighted by molar-refractivity contribution is -0.118. The molecule has 0 spiro atoms. The first-order valence-corrected chi connectivity index (χ1v) is 11.6. The van der Waals surface area contributed by atoms with Crippen LogP contribution in [0.15, 0.2) is 95.7 Å². The third-order valence-corrected chi connectivity index (χ3v) is 6.47. The van der Waals surface area contributed by atoms with Gasteiger partial charge in [-0.15, -0.1) is 12.6 Å². The summed E-state index contributed by atoms with van der Waals surface area (Å²) in [7, 11) is 0. The number of para-hydroxylation sites is 1. The number of thiol groups is 1. The van der Waals surface area contributed by atoms with Crippen LogP contribution in [-0.2, 0) is 4.79 Å². The number of hydrogen-bond acceptors (Lipinski definition) is 5. The van der Waals surface area contributed by atoms with Crippen LogP contribution in [0.25, 0.3) is 16.9 Å². The number of aryl methyl sites for hydroxylation is 2. The van der Waals surface area contributed by atoms with E-state index in [2.05, 4.69) is 24.0 Å². The Labute approximate surface area is 209 Å². The molecule has 0 saturated carbocycles. The molecule has 1 aromatic heterocycles. The van der Waals surface area contributed by atoms with Crippen LogP contribution in [0.4, 0.5) is 5.69 Å². The molecule has 172 valence electrons. The van der Waals surface area contributed by atoms with Crippen LogP contribution in [0.2, 0.25) is 0 Å². The van der Waals surface area contributed by atoms with Crippen molar-refractivity contribution < 1.29 is 4.79 Å². The average molecular weight is 478 g/mol. The molecule has 7 heteroatoms. The van der Waals surface area contributed by atoms with E-state index in [0.29, 0.717) is 5.03 Å². The normalized spacial score (nSPS) is 15.7. The molecule has 1 aliphatic heterocycles. The number of rotatable bonds is 4. The zero-order valence-electron chi connectivity index (χ0n) is 19.3. The first-order chi connectivity index (χ1) is 17.0. The number of hydrogen-bond donors (Lipinski definition) is 2. The largest absolute Gasteiger partial charge is 0.327 e. The van der Waals surface area contributed by atoms with E-state index < -0.39 is 12.1 Å². The van der Waals surface area contributed by atoms with Crippen molar-refractivity contribution >= 4 is 24.2 Å². The molecule has 3 aromatic carbocycles. The first kappa shape index (κ1) is 22.5. The minimum Gasteiger partial charge on any atom is -0.327 e. The van der Waals surface area contributed by atoms with Crippen molar-refractivity contribution in [2.75, 3.05) is 4.90 Å². The minimum absolute atomic E-state index is 0.0266. The number of benzene rings is 3. The highest BCUT2D eigenvalue weighted by Crippen LogP contribution is 2.40. The highest BCUT2D eigenvalue weighted by atomic mass is 32.1. The molecule has 5 rings (SSSR count). The number of nitriles is 1. The molecule has 6 nitrogen and oxygen atoms in total. The minimum atomic E-state index is -0.624. The van der Waals surface area contributed by atoms with Gasteiger partial charge in [0.25, 0.3) is 5.91 Å². The summed E-state index contributed by atoms with van der Waals surface area (Å²) in [6, 6.07) is 27.8. The smallest absolute Gasteiger partial charge is 0.266 e. The monoisotopic (exact) mass is 477 g/mol. The van der Waals surface area contributed by atoms with E-state index in [9.17, 15) is 10.1 Å². The van der Waals surface area contributed by atoms with E-state index in [1.165, 1.54) is 0 Å². The molecule has 2 heterocycles. The topological polar surface area (TPSA) is 74.0 Å². The molecule has 35 heavy (non-hydrogen) atoms. The van der Waals surface area contributed by atoms with E-state index in [4.69, 9.17) is 5.10 Å². The van der Waals surface area contributed by atoms with Crippen molar-refractivity contribution in [3.8, 4) is 23.0 Å². The van der Waals surface area contributed by atoms with Gasteiger partial charge in [0.15, 0.2) is 0 Å². The summed E-state index contributed by atoms with van der Waals surface area (Å²) in [5.41, 5.74) is 6.29. The van der Waals surface area contributed by atoms with Crippen LogP contribution in [0.1, 0.15) is 22.9 Å². The van der Waals surface area contributed by atoms with Crippen molar-refractivity contribution in [3.63, 3.8) is 0 Å². The van der Waals surface area contributed by atoms with Gasteiger partial charge in [-0.1, -0.05) is 66.2 Å². The molecule has 4 aromatic rings. The molecule has 0 fully saturated rings. The van der Waals surface area contributed by atoms with Gasteiger partial charge in [-0.3, -0.25) is 4.79 Å². The number of anilines is 1. The zero-order valence-corrected chi connectivity index (χ0v) is 20.2. The summed E-state index contributed by atoms with van der Waals surface area (Å²) in [5.74, 6) is -0.463. The fourth-order valence-electron chi connectivity index (χ4n) is 4.37. The summed E-state index contributed by atoms with van der Waals surface area (Å²) >= 11 is 4.68. The Hall–Kier alpha value is -4.28. The molecule has 0 radical (unpaired) electrons. The van der Waals surface area contributed by atoms with Gasteiger partial charge in [0.05, 0.1) is 16.4 Å². The van der Waals surface area contributed by atoms with Crippen molar-refractivity contribution in [2.45, 2.75) is 20.0 Å². The van der Waals surface area contributed by atoms with Crippen molar-refractivity contribution in [1.29, 1.82) is 5.26 Å². The molecule has 1 unspecified atom stereocenters. The van der Waals surface area contributed by atoms with E-state index in [1.807, 2.05) is 108 Å². The SMILES string of the molecule is Cc1ccc(N2C(S)=C(C#N)C(=O)NC2c2cn(-c3ccccc3)nc2-c2ccccc2)c(C)c1. The molecule has 0 saturated heterocycles. The highest BCUT2D eigenvalue weighted by Gasteiger charge is 2.37. The van der Waals surface area contributed by atoms with Crippen LogP contribution in [0.3, 0.4) is 0 Å². The predicted octanol–water partition coefficient (Wildman–Crippen LogP) is 5.46. The first-order valence-electron chi connectivity index (χ1n) is 11.2. The van der Waals surface area contributed by atoms with Gasteiger partial charge in [0.2, 0.25) is 0 Å². The Morgan fingerprint density at radius 1 is 1.00 bits per heavy atom. The second kappa shape index (κ2) is 9.16. The highest BCUT2D eigenvalue weighted by molar-refractivity contribution is 7.84. The van der Waals surface area contributed by atoms with E-state index in [0.717, 1.165) is 39.3 Å². The Kier molecular flexibility index (Phi) is 5.89. The maximum atomic E-state index is 13.0. The zero-order chi connectivity index (χ0) is 24.5. The molecule has 1 aliphatic rings. The second-order valence-corrected chi connectivity index (χ2v) is 8.85. The van der Waals surface area contributed by atoms with E-state index in [1.54, 1.807) is 0 Å². The van der Waals surface area contributed by atoms with Crippen molar-refractivity contribution in [3.05, 3.63) is 112 Å². The lowest BCUT2D eigenvalue weighted by Crippen LogP contribution is -2.46. The number of carbonyl (C=O) groups excluding carboxylic acids is 1. The summed E-state index contributed by atoms with van der Waals surface area (Å²) in [5, 5.41) is 17.9. The molecule has 1 N–H and O–H groups in total. The number of nitrogens with one attached hydrogen (secondary N) is 1. The van der Waals surface area contributed by atoms with Gasteiger partial charge in [-0.25, -0.2) is 4.68 Å². The van der Waals surface area contributed by atoms with Gasteiger partial charge < -0.3 is 10.2 Å². The lowest BCUT2D eigenvalue weighted by Gasteiger charge is -2.38. The number of carbonyl (C=O) groups is 1. The summed E-state index contributed by atoms with van der Waals surface area (Å²) in [4.78, 5) is 14.9. The Morgan fingerprint density at radius 2 is 1.69 bits per heavy atom. The van der Waals surface area contributed by atoms with Crippen LogP contribution in [0.5, 0.6) is 0 Å². The summed E-state index contributed by atoms with van der Waals surface area (Å²) in [6.07, 6.45) is 1.30. The predicted molar refractivity (Wildman–Crippen MR) is 140 cm³/mol. The standard InChI is InChI=1S/C28H23N5OS/c1-18-13-14-24(19(2)15-18)33-26(30-27(34)22(16-29)28(33)35)23-17-32(21-11-7-4-8-12-21)31-25(23)20-9-5-3-6-10-20/h3-15,17,26,35H,1-2H3,(H,30,34). The Bertz CT molecular complexity index is 1490. The van der Waals surface area contributed by atoms with Crippen molar-refractivity contribution in [2.24, 2.45) is 0 Å². The van der Waals surface area contributed by atoms with E-state index in [-0.39, 0.29) is 5.57 Å². The van der Waals surface area contributed by atoms with Gasteiger partial charge in [0.1, 0.15) is 17.8 Å². The quantitative estimate of drug-likeness (QED) is 0.383. The van der Waals surface area contributed by atoms with Crippen molar-refractivity contribution in [1.82, 2.24) is 15.1 Å². The second-order valence-electron chi connectivity index (χ2n) is 8.43. The fraction of sp³-hybridized carbons (Fsp3) is 0.107. The fourth-order valence-corrected chi connectivity index (χ4v) is 4.75. The van der Waals surface area contributed by atoms with Crippen LogP contribution < -0.4 is 10.2 Å². The van der Waals surface area contributed by atoms with Crippen LogP contribution >= 0.6 is 12.6 Å². The van der Waals surface area contributed by atoms with Gasteiger partial charge >= 0.3 is 0 Å². The van der Waals surface area contributed by atoms with Gasteiger partial charge in [-0.05, 0) is 37.6 Å². The number of nitrogens with zero attached hydrogens (tertiary/aromatic N) is 4. The molecular formula is C28H23N5OS. The van der Waals surface area contributed by atoms with Crippen LogP contribution in [-0.4, -0.2) is 15.7 Å². The van der Waals surface area contributed by atoms with E-state index >= 15 is 0 Å². The molecule has 1 amide bonds. The summed E-state index contributed by atoms with van der Waals surface area (Å²) < 4.78 is 1.81. The average Bonchev–Trinajstić information content (AvgIpc) is 3.31. The van der Waals surface area contributed by atoms with Crippen LogP contribution in [0, 0.1) is 25.2 Å². The number of aromatic nitrogens is 2. The lowest BCUT2D eigenvalue weighted by atomic mass is 10.0. The maximum Gasteiger partial charge on any atom is 0.266 e. The van der Waals surface area contributed by atoms with Gasteiger partial charge in [-0.2, -0.15) is 10.4 Å². The Morgan fingerprint density at radius 3 is 2.34 bits per heavy atom. The molecule has 1 atom stereocenters. The molecule has 0 aliphatic carbocycles. The number of amides is 1. The third kappa shape index (κ3) is 4.09.